The van der Waals surface area contributed by atoms with Crippen LogP contribution in [0.4, 0.5) is 0 Å². The Hall–Kier alpha value is -3.97. The van der Waals surface area contributed by atoms with Crippen molar-refractivity contribution >= 4 is 5.91 Å². The highest BCUT2D eigenvalue weighted by Gasteiger charge is 2.26. The zero-order chi connectivity index (χ0) is 23.9. The molecule has 1 saturated heterocycles. The Morgan fingerprint density at radius 1 is 0.886 bits per heavy atom. The summed E-state index contributed by atoms with van der Waals surface area (Å²) in [6.07, 6.45) is 5.36. The van der Waals surface area contributed by atoms with Crippen molar-refractivity contribution in [2.75, 3.05) is 39.3 Å². The number of para-hydroxylation sites is 1. The Labute approximate surface area is 205 Å². The second kappa shape index (κ2) is 11.0. The van der Waals surface area contributed by atoms with Gasteiger partial charge in [0.15, 0.2) is 0 Å². The molecule has 5 rings (SSSR count). The van der Waals surface area contributed by atoms with Crippen molar-refractivity contribution in [2.45, 2.75) is 6.54 Å². The molecule has 0 N–H and O–H groups in total. The largest absolute Gasteiger partial charge is 0.492 e. The predicted octanol–water partition coefficient (Wildman–Crippen LogP) is 3.83. The smallest absolute Gasteiger partial charge is 0.257 e. The van der Waals surface area contributed by atoms with E-state index in [4.69, 9.17) is 9.84 Å². The average Bonchev–Trinajstić information content (AvgIpc) is 3.34. The first-order valence-corrected chi connectivity index (χ1v) is 12.0. The van der Waals surface area contributed by atoms with Gasteiger partial charge in [-0.05, 0) is 29.8 Å². The van der Waals surface area contributed by atoms with Crippen molar-refractivity contribution in [1.29, 1.82) is 0 Å². The molecule has 1 fully saturated rings. The fraction of sp³-hybridized carbons (Fsp3) is 0.250. The number of hydrogen-bond acceptors (Lipinski definition) is 5. The van der Waals surface area contributed by atoms with Crippen LogP contribution in [0.1, 0.15) is 15.9 Å². The molecule has 7 nitrogen and oxygen atoms in total. The summed E-state index contributed by atoms with van der Waals surface area (Å²) in [5.74, 6) is 0.903. The molecule has 178 valence electrons. The third-order valence-electron chi connectivity index (χ3n) is 6.19. The quantitative estimate of drug-likeness (QED) is 0.394. The van der Waals surface area contributed by atoms with Crippen LogP contribution in [0.3, 0.4) is 0 Å². The lowest BCUT2D eigenvalue weighted by atomic mass is 10.1. The summed E-state index contributed by atoms with van der Waals surface area (Å²) in [6.45, 7) is 5.09. The number of rotatable bonds is 8. The van der Waals surface area contributed by atoms with Crippen LogP contribution in [-0.2, 0) is 6.54 Å². The van der Waals surface area contributed by atoms with Gasteiger partial charge in [-0.3, -0.25) is 19.4 Å². The van der Waals surface area contributed by atoms with Crippen LogP contribution >= 0.6 is 0 Å². The summed E-state index contributed by atoms with van der Waals surface area (Å²) in [7, 11) is 0. The molecule has 3 heterocycles. The molecule has 7 heteroatoms. The van der Waals surface area contributed by atoms with Gasteiger partial charge in [0, 0.05) is 56.9 Å². The van der Waals surface area contributed by atoms with Crippen molar-refractivity contribution < 1.29 is 9.53 Å². The van der Waals surface area contributed by atoms with Gasteiger partial charge in [0.25, 0.3) is 5.91 Å². The third kappa shape index (κ3) is 5.75. The second-order valence-electron chi connectivity index (χ2n) is 8.61. The predicted molar refractivity (Wildman–Crippen MR) is 135 cm³/mol. The highest BCUT2D eigenvalue weighted by Crippen LogP contribution is 2.24. The van der Waals surface area contributed by atoms with Crippen molar-refractivity contribution in [3.8, 4) is 17.0 Å². The molecule has 0 aliphatic carbocycles. The van der Waals surface area contributed by atoms with Crippen molar-refractivity contribution in [2.24, 2.45) is 0 Å². The van der Waals surface area contributed by atoms with Gasteiger partial charge < -0.3 is 9.64 Å². The van der Waals surface area contributed by atoms with E-state index in [1.807, 2.05) is 76.4 Å². The minimum Gasteiger partial charge on any atom is -0.492 e. The molecule has 0 atom stereocenters. The van der Waals surface area contributed by atoms with Gasteiger partial charge in [0.2, 0.25) is 0 Å². The van der Waals surface area contributed by atoms with Gasteiger partial charge in [-0.25, -0.2) is 0 Å². The number of amides is 1. The maximum Gasteiger partial charge on any atom is 0.257 e. The molecule has 2 aromatic heterocycles. The monoisotopic (exact) mass is 467 g/mol. The fourth-order valence-electron chi connectivity index (χ4n) is 4.30. The molecule has 0 saturated carbocycles. The van der Waals surface area contributed by atoms with E-state index in [1.165, 1.54) is 0 Å². The number of carbonyl (C=O) groups is 1. The molecular weight excluding hydrogens is 438 g/mol. The number of ether oxygens (including phenoxy) is 1. The van der Waals surface area contributed by atoms with Crippen LogP contribution in [0.15, 0.2) is 91.4 Å². The summed E-state index contributed by atoms with van der Waals surface area (Å²) in [4.78, 5) is 22.1. The molecule has 0 radical (unpaired) electrons. The van der Waals surface area contributed by atoms with E-state index in [2.05, 4.69) is 22.0 Å². The highest BCUT2D eigenvalue weighted by atomic mass is 16.5. The van der Waals surface area contributed by atoms with Gasteiger partial charge >= 0.3 is 0 Å². The van der Waals surface area contributed by atoms with Gasteiger partial charge in [0.05, 0.1) is 12.1 Å². The average molecular weight is 468 g/mol. The molecule has 1 aliphatic rings. The summed E-state index contributed by atoms with van der Waals surface area (Å²) in [6, 6.07) is 23.8. The number of hydrogen-bond donors (Lipinski definition) is 0. The first-order chi connectivity index (χ1) is 17.3. The van der Waals surface area contributed by atoms with E-state index >= 15 is 0 Å². The molecule has 0 spiro atoms. The zero-order valence-electron chi connectivity index (χ0n) is 19.7. The molecule has 1 aliphatic heterocycles. The van der Waals surface area contributed by atoms with Crippen LogP contribution < -0.4 is 4.74 Å². The van der Waals surface area contributed by atoms with Gasteiger partial charge in [-0.1, -0.05) is 48.5 Å². The standard InChI is InChI=1S/C28H29N5O2/c34-28(32-16-14-31(15-17-32)18-19-35-25-11-5-2-6-12-25)26-22-33(21-23-8-3-1-4-9-23)30-27(26)24-10-7-13-29-20-24/h1-13,20,22H,14-19,21H2. The minimum atomic E-state index is 0.0170. The van der Waals surface area contributed by atoms with Crippen molar-refractivity contribution in [3.05, 3.63) is 103 Å². The molecule has 2 aromatic carbocycles. The van der Waals surface area contributed by atoms with E-state index in [1.54, 1.807) is 12.4 Å². The number of carbonyl (C=O) groups excluding carboxylic acids is 1. The Bertz CT molecular complexity index is 1220. The van der Waals surface area contributed by atoms with Crippen LogP contribution in [0.2, 0.25) is 0 Å². The van der Waals surface area contributed by atoms with Gasteiger partial charge in [-0.2, -0.15) is 5.10 Å². The van der Waals surface area contributed by atoms with Crippen LogP contribution in [0.5, 0.6) is 5.75 Å². The molecule has 0 unspecified atom stereocenters. The Morgan fingerprint density at radius 3 is 2.34 bits per heavy atom. The first-order valence-electron chi connectivity index (χ1n) is 12.0. The van der Waals surface area contributed by atoms with E-state index in [-0.39, 0.29) is 5.91 Å². The lowest BCUT2D eigenvalue weighted by molar-refractivity contribution is 0.0621. The van der Waals surface area contributed by atoms with E-state index < -0.39 is 0 Å². The van der Waals surface area contributed by atoms with Crippen LogP contribution in [0.25, 0.3) is 11.3 Å². The van der Waals surface area contributed by atoms with E-state index in [0.717, 1.165) is 36.5 Å². The summed E-state index contributed by atoms with van der Waals surface area (Å²) >= 11 is 0. The molecule has 0 bridgehead atoms. The van der Waals surface area contributed by atoms with Crippen molar-refractivity contribution in [3.63, 3.8) is 0 Å². The molecule has 1 amide bonds. The summed E-state index contributed by atoms with van der Waals surface area (Å²) < 4.78 is 7.68. The lowest BCUT2D eigenvalue weighted by Crippen LogP contribution is -2.49. The van der Waals surface area contributed by atoms with Gasteiger partial charge in [0.1, 0.15) is 18.1 Å². The molecule has 4 aromatic rings. The maximum atomic E-state index is 13.6. The summed E-state index contributed by atoms with van der Waals surface area (Å²) in [5.41, 5.74) is 3.28. The zero-order valence-corrected chi connectivity index (χ0v) is 19.7. The number of aromatic nitrogens is 3. The van der Waals surface area contributed by atoms with Gasteiger partial charge in [-0.15, -0.1) is 0 Å². The van der Waals surface area contributed by atoms with E-state index in [0.29, 0.717) is 37.5 Å². The Balaban J connectivity index is 1.24. The Morgan fingerprint density at radius 2 is 1.63 bits per heavy atom. The lowest BCUT2D eigenvalue weighted by Gasteiger charge is -2.34. The van der Waals surface area contributed by atoms with Crippen molar-refractivity contribution in [1.82, 2.24) is 24.6 Å². The number of benzene rings is 2. The molecular formula is C28H29N5O2. The Kier molecular flexibility index (Phi) is 7.15. The maximum absolute atomic E-state index is 13.6. The normalized spacial score (nSPS) is 14.1. The second-order valence-corrected chi connectivity index (χ2v) is 8.61. The molecule has 35 heavy (non-hydrogen) atoms. The van der Waals surface area contributed by atoms with Crippen LogP contribution in [-0.4, -0.2) is 69.8 Å². The van der Waals surface area contributed by atoms with E-state index in [9.17, 15) is 4.79 Å². The first kappa shape index (κ1) is 22.8. The topological polar surface area (TPSA) is 63.5 Å². The third-order valence-corrected chi connectivity index (χ3v) is 6.19. The summed E-state index contributed by atoms with van der Waals surface area (Å²) in [5, 5.41) is 4.78. The highest BCUT2D eigenvalue weighted by molar-refractivity contribution is 5.99. The number of piperazine rings is 1. The SMILES string of the molecule is O=C(c1cn(Cc2ccccc2)nc1-c1cccnc1)N1CCN(CCOc2ccccc2)CC1. The number of nitrogens with zero attached hydrogens (tertiary/aromatic N) is 5. The fourth-order valence-corrected chi connectivity index (χ4v) is 4.30. The number of pyridine rings is 1. The van der Waals surface area contributed by atoms with Crippen LogP contribution in [0, 0.1) is 0 Å². The minimum absolute atomic E-state index is 0.0170.